The number of H-pyrrole nitrogens is 1. The summed E-state index contributed by atoms with van der Waals surface area (Å²) in [5.74, 6) is -0.176. The number of rotatable bonds is 2. The minimum absolute atomic E-state index is 0.0428. The normalized spacial score (nSPS) is 15.2. The largest absolute Gasteiger partial charge is 0.357 e. The molecule has 1 aliphatic heterocycles. The van der Waals surface area contributed by atoms with Crippen LogP contribution in [0.25, 0.3) is 0 Å². The third kappa shape index (κ3) is 3.57. The molecule has 0 saturated carbocycles. The van der Waals surface area contributed by atoms with Crippen molar-refractivity contribution < 1.29 is 9.59 Å². The highest BCUT2D eigenvalue weighted by molar-refractivity contribution is 6.36. The topological polar surface area (TPSA) is 56.4 Å². The summed E-state index contributed by atoms with van der Waals surface area (Å²) in [5.41, 5.74) is 1.00. The van der Waals surface area contributed by atoms with E-state index >= 15 is 0 Å². The molecule has 24 heavy (non-hydrogen) atoms. The molecule has 1 fully saturated rings. The number of nitrogens with zero attached hydrogens (tertiary/aromatic N) is 2. The molecule has 126 valence electrons. The summed E-state index contributed by atoms with van der Waals surface area (Å²) >= 11 is 12.0. The van der Waals surface area contributed by atoms with Crippen LogP contribution < -0.4 is 0 Å². The molecular weight excluding hydrogens is 349 g/mol. The molecule has 1 aromatic carbocycles. The Balaban J connectivity index is 1.69. The first-order valence-electron chi connectivity index (χ1n) is 7.73. The van der Waals surface area contributed by atoms with Gasteiger partial charge in [-0.2, -0.15) is 0 Å². The number of carbonyl (C=O) groups excluding carboxylic acids is 2. The summed E-state index contributed by atoms with van der Waals surface area (Å²) in [6, 6.07) is 8.40. The fourth-order valence-corrected chi connectivity index (χ4v) is 3.28. The number of halogens is 2. The second-order valence-electron chi connectivity index (χ2n) is 5.65. The number of nitrogens with one attached hydrogen (secondary N) is 1. The zero-order chi connectivity index (χ0) is 17.1. The quantitative estimate of drug-likeness (QED) is 0.887. The van der Waals surface area contributed by atoms with Crippen LogP contribution in [0.1, 0.15) is 27.3 Å². The Morgan fingerprint density at radius 2 is 1.67 bits per heavy atom. The van der Waals surface area contributed by atoms with E-state index < -0.39 is 0 Å². The standard InChI is InChI=1S/C17H17Cl2N3O2/c18-12-4-5-13(14(19)11-12)16(23)21-7-2-8-22(10-9-21)17(24)15-3-1-6-20-15/h1,3-6,11,20H,2,7-10H2. The number of carbonyl (C=O) groups is 2. The summed E-state index contributed by atoms with van der Waals surface area (Å²) in [6.07, 6.45) is 2.45. The summed E-state index contributed by atoms with van der Waals surface area (Å²) in [4.78, 5) is 31.5. The molecule has 0 unspecified atom stereocenters. The van der Waals surface area contributed by atoms with Crippen molar-refractivity contribution in [2.45, 2.75) is 6.42 Å². The van der Waals surface area contributed by atoms with Gasteiger partial charge in [0, 0.05) is 37.4 Å². The number of amides is 2. The first-order valence-corrected chi connectivity index (χ1v) is 8.49. The Bertz CT molecular complexity index is 746. The van der Waals surface area contributed by atoms with Crippen LogP contribution in [0.4, 0.5) is 0 Å². The zero-order valence-corrected chi connectivity index (χ0v) is 14.5. The number of hydrogen-bond donors (Lipinski definition) is 1. The lowest BCUT2D eigenvalue weighted by molar-refractivity contribution is 0.0716. The highest BCUT2D eigenvalue weighted by Gasteiger charge is 2.24. The number of hydrogen-bond acceptors (Lipinski definition) is 2. The maximum absolute atomic E-state index is 12.7. The van der Waals surface area contributed by atoms with Crippen LogP contribution in [0.2, 0.25) is 10.0 Å². The number of aromatic nitrogens is 1. The van der Waals surface area contributed by atoms with Crippen molar-refractivity contribution in [3.63, 3.8) is 0 Å². The third-order valence-corrected chi connectivity index (χ3v) is 4.61. The number of benzene rings is 1. The molecule has 2 heterocycles. The van der Waals surface area contributed by atoms with E-state index in [9.17, 15) is 9.59 Å². The molecule has 1 saturated heterocycles. The maximum Gasteiger partial charge on any atom is 0.270 e. The van der Waals surface area contributed by atoms with E-state index in [4.69, 9.17) is 23.2 Å². The second kappa shape index (κ2) is 7.28. The minimum Gasteiger partial charge on any atom is -0.357 e. The van der Waals surface area contributed by atoms with E-state index in [1.54, 1.807) is 46.3 Å². The van der Waals surface area contributed by atoms with Gasteiger partial charge in [0.15, 0.2) is 0 Å². The van der Waals surface area contributed by atoms with Crippen molar-refractivity contribution in [1.82, 2.24) is 14.8 Å². The Morgan fingerprint density at radius 1 is 0.958 bits per heavy atom. The molecule has 0 atom stereocenters. The summed E-state index contributed by atoms with van der Waals surface area (Å²) in [7, 11) is 0. The van der Waals surface area contributed by atoms with E-state index in [0.29, 0.717) is 47.5 Å². The molecule has 1 N–H and O–H groups in total. The molecule has 1 aromatic heterocycles. The molecule has 0 spiro atoms. The Hall–Kier alpha value is -1.98. The Labute approximate surface area is 150 Å². The third-order valence-electron chi connectivity index (χ3n) is 4.06. The fraction of sp³-hybridized carbons (Fsp3) is 0.294. The zero-order valence-electron chi connectivity index (χ0n) is 13.0. The van der Waals surface area contributed by atoms with Crippen molar-refractivity contribution in [2.24, 2.45) is 0 Å². The van der Waals surface area contributed by atoms with Gasteiger partial charge in [0.05, 0.1) is 10.6 Å². The van der Waals surface area contributed by atoms with Crippen LogP contribution in [0.15, 0.2) is 36.5 Å². The van der Waals surface area contributed by atoms with Gasteiger partial charge in [0.2, 0.25) is 0 Å². The monoisotopic (exact) mass is 365 g/mol. The number of aromatic amines is 1. The maximum atomic E-state index is 12.7. The summed E-state index contributed by atoms with van der Waals surface area (Å²) in [6.45, 7) is 2.18. The molecule has 3 rings (SSSR count). The van der Waals surface area contributed by atoms with Gasteiger partial charge in [0.1, 0.15) is 5.69 Å². The SMILES string of the molecule is O=C(c1ccc[nH]1)N1CCCN(C(=O)c2ccc(Cl)cc2Cl)CC1. The first kappa shape index (κ1) is 16.9. The average Bonchev–Trinajstić information content (AvgIpc) is 2.98. The predicted molar refractivity (Wildman–Crippen MR) is 93.7 cm³/mol. The molecule has 7 heteroatoms. The highest BCUT2D eigenvalue weighted by Crippen LogP contribution is 2.23. The average molecular weight is 366 g/mol. The van der Waals surface area contributed by atoms with Crippen LogP contribution in [-0.4, -0.2) is 52.8 Å². The Morgan fingerprint density at radius 3 is 2.29 bits per heavy atom. The van der Waals surface area contributed by atoms with Gasteiger partial charge in [-0.3, -0.25) is 9.59 Å². The van der Waals surface area contributed by atoms with E-state index in [1.807, 2.05) is 0 Å². The highest BCUT2D eigenvalue weighted by atomic mass is 35.5. The van der Waals surface area contributed by atoms with E-state index in [0.717, 1.165) is 6.42 Å². The lowest BCUT2D eigenvalue weighted by Crippen LogP contribution is -2.37. The molecular formula is C17H17Cl2N3O2. The second-order valence-corrected chi connectivity index (χ2v) is 6.49. The van der Waals surface area contributed by atoms with Gasteiger partial charge in [0.25, 0.3) is 11.8 Å². The van der Waals surface area contributed by atoms with Crippen molar-refractivity contribution >= 4 is 35.0 Å². The van der Waals surface area contributed by atoms with Crippen molar-refractivity contribution in [2.75, 3.05) is 26.2 Å². The minimum atomic E-state index is -0.133. The van der Waals surface area contributed by atoms with Gasteiger partial charge in [-0.05, 0) is 36.8 Å². The predicted octanol–water partition coefficient (Wildman–Crippen LogP) is 3.31. The smallest absolute Gasteiger partial charge is 0.270 e. The van der Waals surface area contributed by atoms with Crippen LogP contribution in [0.3, 0.4) is 0 Å². The lowest BCUT2D eigenvalue weighted by atomic mass is 10.2. The van der Waals surface area contributed by atoms with Crippen LogP contribution in [0, 0.1) is 0 Å². The molecule has 2 amide bonds. The van der Waals surface area contributed by atoms with E-state index in [-0.39, 0.29) is 11.8 Å². The van der Waals surface area contributed by atoms with Crippen LogP contribution in [-0.2, 0) is 0 Å². The summed E-state index contributed by atoms with van der Waals surface area (Å²) < 4.78 is 0. The molecule has 0 bridgehead atoms. The van der Waals surface area contributed by atoms with Gasteiger partial charge >= 0.3 is 0 Å². The molecule has 2 aromatic rings. The van der Waals surface area contributed by atoms with Crippen molar-refractivity contribution in [3.8, 4) is 0 Å². The van der Waals surface area contributed by atoms with Gasteiger partial charge in [-0.15, -0.1) is 0 Å². The molecule has 5 nitrogen and oxygen atoms in total. The first-order chi connectivity index (χ1) is 11.6. The van der Waals surface area contributed by atoms with E-state index in [2.05, 4.69) is 4.98 Å². The fourth-order valence-electron chi connectivity index (χ4n) is 2.79. The van der Waals surface area contributed by atoms with Crippen molar-refractivity contribution in [3.05, 3.63) is 57.8 Å². The molecule has 1 aliphatic rings. The van der Waals surface area contributed by atoms with Crippen LogP contribution in [0.5, 0.6) is 0 Å². The van der Waals surface area contributed by atoms with Gasteiger partial charge in [-0.1, -0.05) is 23.2 Å². The van der Waals surface area contributed by atoms with Gasteiger partial charge < -0.3 is 14.8 Å². The molecule has 0 aliphatic carbocycles. The van der Waals surface area contributed by atoms with E-state index in [1.165, 1.54) is 0 Å². The molecule has 0 radical (unpaired) electrons. The van der Waals surface area contributed by atoms with Crippen molar-refractivity contribution in [1.29, 1.82) is 0 Å². The summed E-state index contributed by atoms with van der Waals surface area (Å²) in [5, 5.41) is 0.839. The van der Waals surface area contributed by atoms with Gasteiger partial charge in [-0.25, -0.2) is 0 Å². The Kier molecular flexibility index (Phi) is 5.11. The lowest BCUT2D eigenvalue weighted by Gasteiger charge is -2.22. The van der Waals surface area contributed by atoms with Crippen LogP contribution >= 0.6 is 23.2 Å².